The third-order valence-corrected chi connectivity index (χ3v) is 6.63. The Morgan fingerprint density at radius 2 is 1.91 bits per heavy atom. The van der Waals surface area contributed by atoms with Crippen LogP contribution in [0.3, 0.4) is 0 Å². The molecule has 2 saturated heterocycles. The van der Waals surface area contributed by atoms with E-state index < -0.39 is 21.7 Å². The fourth-order valence-corrected chi connectivity index (χ4v) is 5.10. The van der Waals surface area contributed by atoms with Crippen LogP contribution >= 0.6 is 11.8 Å². The molecule has 4 rings (SSSR count). The van der Waals surface area contributed by atoms with Crippen molar-refractivity contribution in [3.8, 4) is 0 Å². The second kappa shape index (κ2) is 9.41. The van der Waals surface area contributed by atoms with E-state index in [0.717, 1.165) is 5.56 Å². The van der Waals surface area contributed by atoms with Crippen molar-refractivity contribution in [2.45, 2.75) is 36.6 Å². The molecule has 2 aromatic rings. The number of thioether (sulfide) groups is 1. The number of benzene rings is 2. The monoisotopic (exact) mass is 445 g/mol. The van der Waals surface area contributed by atoms with Gasteiger partial charge in [-0.2, -0.15) is 17.8 Å². The first-order valence-corrected chi connectivity index (χ1v) is 10.5. The van der Waals surface area contributed by atoms with Crippen molar-refractivity contribution >= 4 is 35.5 Å². The van der Waals surface area contributed by atoms with Crippen molar-refractivity contribution < 1.29 is 38.1 Å². The first-order valence-electron chi connectivity index (χ1n) is 9.65. The van der Waals surface area contributed by atoms with E-state index in [1.165, 1.54) is 35.0 Å². The average Bonchev–Trinajstić information content (AvgIpc) is 3.01. The van der Waals surface area contributed by atoms with Gasteiger partial charge in [-0.15, -0.1) is 0 Å². The molecule has 2 fully saturated rings. The normalized spacial score (nSPS) is 21.0. The van der Waals surface area contributed by atoms with E-state index in [2.05, 4.69) is 4.99 Å². The molecule has 160 valence electrons. The molecule has 2 aliphatic rings. The number of carbonyl (C=O) groups is 2. The molecule has 0 aliphatic carbocycles. The molecule has 8 nitrogen and oxygen atoms in total. The van der Waals surface area contributed by atoms with E-state index in [-0.39, 0.29) is 42.4 Å². The minimum atomic E-state index is -0.612. The topological polar surface area (TPSA) is 102 Å². The molecule has 0 N–H and O–H groups in total. The number of fused-ring (bicyclic) bond motifs is 1. The Morgan fingerprint density at radius 1 is 1.25 bits per heavy atom. The quantitative estimate of drug-likeness (QED) is 0.121. The van der Waals surface area contributed by atoms with Crippen molar-refractivity contribution in [1.82, 2.24) is 4.90 Å². The van der Waals surface area contributed by atoms with Crippen molar-refractivity contribution in [2.75, 3.05) is 0 Å². The third-order valence-electron chi connectivity index (χ3n) is 5.14. The average molecular weight is 445 g/mol. The molecule has 0 spiro atoms. The Hall–Kier alpha value is -2.73. The number of rotatable bonds is 6. The van der Waals surface area contributed by atoms with Gasteiger partial charge in [-0.05, 0) is 23.3 Å². The molecule has 1 amide bonds. The molecule has 0 aromatic heterocycles. The van der Waals surface area contributed by atoms with Crippen molar-refractivity contribution in [2.24, 2.45) is 4.99 Å². The molecule has 0 bridgehead atoms. The number of carbonyl (C=O) groups excluding carboxylic acids is 2. The largest absolute Gasteiger partial charge is 1.00 e. The van der Waals surface area contributed by atoms with Crippen LogP contribution in [0.5, 0.6) is 0 Å². The molecule has 0 radical (unpaired) electrons. The van der Waals surface area contributed by atoms with Gasteiger partial charge in [-0.3, -0.25) is 24.7 Å². The maximum atomic E-state index is 12.8. The molecular weight excluding hydrogens is 425 g/mol. The van der Waals surface area contributed by atoms with Gasteiger partial charge in [0.1, 0.15) is 6.61 Å². The Labute approximate surface area is 201 Å². The van der Waals surface area contributed by atoms with Crippen LogP contribution in [0.1, 0.15) is 25.0 Å². The van der Waals surface area contributed by atoms with Crippen LogP contribution in [0.4, 0.5) is 5.69 Å². The number of non-ortho nitro benzene ring substituents is 1. The SMILES string of the molecule is CC1(C)S[C@@H]2[C@@H](N=Cc3ccc([N+](=O)[O-])cc3)C(=O)N2[C-]1C(=O)OCc1ccccc1.[Li+]. The number of nitro groups is 1. The van der Waals surface area contributed by atoms with Crippen LogP contribution in [0.15, 0.2) is 59.6 Å². The van der Waals surface area contributed by atoms with Gasteiger partial charge < -0.3 is 9.64 Å². The maximum Gasteiger partial charge on any atom is 1.00 e. The zero-order valence-corrected chi connectivity index (χ0v) is 18.7. The summed E-state index contributed by atoms with van der Waals surface area (Å²) in [6, 6.07) is 15.0. The molecule has 0 saturated carbocycles. The van der Waals surface area contributed by atoms with E-state index in [1.54, 1.807) is 12.1 Å². The fourth-order valence-electron chi connectivity index (χ4n) is 3.57. The summed E-state index contributed by atoms with van der Waals surface area (Å²) in [5.41, 5.74) is 1.52. The minimum absolute atomic E-state index is 0. The van der Waals surface area contributed by atoms with Gasteiger partial charge in [0.25, 0.3) is 5.69 Å². The number of amides is 1. The first-order chi connectivity index (χ1) is 14.8. The number of esters is 1. The molecule has 2 heterocycles. The van der Waals surface area contributed by atoms with Crippen molar-refractivity contribution in [3.05, 3.63) is 81.9 Å². The molecule has 2 aromatic carbocycles. The molecule has 0 unspecified atom stereocenters. The van der Waals surface area contributed by atoms with Crippen LogP contribution in [-0.4, -0.2) is 44.1 Å². The van der Waals surface area contributed by atoms with E-state index in [4.69, 9.17) is 4.74 Å². The van der Waals surface area contributed by atoms with Gasteiger partial charge in [0.05, 0.1) is 10.3 Å². The van der Waals surface area contributed by atoms with E-state index in [1.807, 2.05) is 44.2 Å². The van der Waals surface area contributed by atoms with Crippen LogP contribution in [-0.2, 0) is 20.9 Å². The summed E-state index contributed by atoms with van der Waals surface area (Å²) in [5, 5.41) is 10.5. The molecule has 32 heavy (non-hydrogen) atoms. The second-order valence-corrected chi connectivity index (χ2v) is 9.45. The Morgan fingerprint density at radius 3 is 2.53 bits per heavy atom. The molecule has 2 atom stereocenters. The van der Waals surface area contributed by atoms with Crippen LogP contribution < -0.4 is 18.9 Å². The zero-order valence-electron chi connectivity index (χ0n) is 17.9. The number of hydrogen-bond acceptors (Lipinski definition) is 7. The minimum Gasteiger partial charge on any atom is -0.482 e. The number of ether oxygens (including phenoxy) is 1. The number of β-lactam (4-membered cyclic amide) rings is 1. The summed E-state index contributed by atoms with van der Waals surface area (Å²) in [6.07, 6.45) is 1.53. The van der Waals surface area contributed by atoms with Gasteiger partial charge in [0.15, 0.2) is 12.0 Å². The molecular formula is C22H20LiN3O5S. The predicted octanol–water partition coefficient (Wildman–Crippen LogP) is 0.355. The Balaban J connectivity index is 0.00000289. The summed E-state index contributed by atoms with van der Waals surface area (Å²) >= 11 is 1.49. The fraction of sp³-hybridized carbons (Fsp3) is 0.273. The molecule has 10 heteroatoms. The van der Waals surface area contributed by atoms with Crippen LogP contribution in [0.2, 0.25) is 0 Å². The van der Waals surface area contributed by atoms with E-state index >= 15 is 0 Å². The van der Waals surface area contributed by atoms with Crippen LogP contribution in [0.25, 0.3) is 0 Å². The van der Waals surface area contributed by atoms with Crippen molar-refractivity contribution in [1.29, 1.82) is 0 Å². The number of aliphatic imine (C=N–C) groups is 1. The third kappa shape index (κ3) is 4.56. The first kappa shape index (κ1) is 23.9. The number of nitro benzene ring substituents is 1. The summed E-state index contributed by atoms with van der Waals surface area (Å²) in [4.78, 5) is 41.7. The smallest absolute Gasteiger partial charge is 0.482 e. The van der Waals surface area contributed by atoms with Crippen LogP contribution in [0, 0.1) is 16.2 Å². The van der Waals surface area contributed by atoms with Gasteiger partial charge in [0, 0.05) is 18.3 Å². The second-order valence-electron chi connectivity index (χ2n) is 7.71. The summed E-state index contributed by atoms with van der Waals surface area (Å²) < 4.78 is 4.88. The standard InChI is InChI=1S/C22H20N3O5S.Li/c1-22(2)18(21(27)30-13-15-6-4-3-5-7-15)24-19(26)17(20(24)31-22)23-12-14-8-10-16(11-9-14)25(28)29;/h3-12,17,20H,13H2,1-2H3;/q-1;+1/t17-,20+;/m0./s1. The maximum absolute atomic E-state index is 12.8. The summed E-state index contributed by atoms with van der Waals surface area (Å²) in [6.45, 7) is 3.91. The molecule has 2 aliphatic heterocycles. The Bertz CT molecular complexity index is 1050. The van der Waals surface area contributed by atoms with E-state index in [9.17, 15) is 19.7 Å². The van der Waals surface area contributed by atoms with Gasteiger partial charge in [-0.25, -0.2) is 0 Å². The van der Waals surface area contributed by atoms with Gasteiger partial charge >= 0.3 is 18.9 Å². The number of hydrogen-bond donors (Lipinski definition) is 0. The van der Waals surface area contributed by atoms with Gasteiger partial charge in [0.2, 0.25) is 5.91 Å². The van der Waals surface area contributed by atoms with Gasteiger partial charge in [-0.1, -0.05) is 48.9 Å². The summed E-state index contributed by atoms with van der Waals surface area (Å²) in [5.74, 6) is -0.761. The predicted molar refractivity (Wildman–Crippen MR) is 116 cm³/mol. The number of nitrogens with zero attached hydrogens (tertiary/aromatic N) is 3. The summed E-state index contributed by atoms with van der Waals surface area (Å²) in [7, 11) is 0. The van der Waals surface area contributed by atoms with Crippen molar-refractivity contribution in [3.63, 3.8) is 0 Å². The zero-order chi connectivity index (χ0) is 22.2. The van der Waals surface area contributed by atoms with E-state index in [0.29, 0.717) is 11.6 Å². The Kier molecular flexibility index (Phi) is 7.03.